The summed E-state index contributed by atoms with van der Waals surface area (Å²) < 4.78 is 32.4. The van der Waals surface area contributed by atoms with Gasteiger partial charge in [-0.25, -0.2) is 13.1 Å². The maximum absolute atomic E-state index is 12.5. The van der Waals surface area contributed by atoms with Crippen molar-refractivity contribution in [2.45, 2.75) is 45.4 Å². The van der Waals surface area contributed by atoms with E-state index in [0.29, 0.717) is 22.5 Å². The van der Waals surface area contributed by atoms with E-state index in [2.05, 4.69) is 15.2 Å². The van der Waals surface area contributed by atoms with Crippen molar-refractivity contribution in [2.24, 2.45) is 0 Å². The lowest BCUT2D eigenvalue weighted by Gasteiger charge is -2.08. The summed E-state index contributed by atoms with van der Waals surface area (Å²) in [6, 6.07) is 11.2. The van der Waals surface area contributed by atoms with Crippen LogP contribution in [0.25, 0.3) is 0 Å². The lowest BCUT2D eigenvalue weighted by Crippen LogP contribution is -2.15. The Labute approximate surface area is 187 Å². The van der Waals surface area contributed by atoms with E-state index in [-0.39, 0.29) is 35.3 Å². The molecule has 1 aromatic heterocycles. The van der Waals surface area contributed by atoms with Crippen molar-refractivity contribution >= 4 is 33.3 Å². The summed E-state index contributed by atoms with van der Waals surface area (Å²) in [6.07, 6.45) is 0.109. The summed E-state index contributed by atoms with van der Waals surface area (Å²) in [5.41, 5.74) is 4.34. The molecule has 9 heteroatoms. The lowest BCUT2D eigenvalue weighted by atomic mass is 10.0. The standard InChI is InChI=1S/C23H25N3O5S/c1-14-5-6-18(13-15(14)2)21(27)11-12-22(28)24-19-7-9-20(10-8-19)32(29,30)26-23-16(3)17(4)25-31-23/h5-10,13,26H,11-12H2,1-4H3,(H,24,28). The van der Waals surface area contributed by atoms with E-state index in [1.807, 2.05) is 26.0 Å². The number of sulfonamides is 1. The number of anilines is 2. The number of carbonyl (C=O) groups is 2. The van der Waals surface area contributed by atoms with Gasteiger partial charge in [-0.1, -0.05) is 17.3 Å². The van der Waals surface area contributed by atoms with Crippen LogP contribution in [0.2, 0.25) is 0 Å². The molecule has 0 saturated heterocycles. The fourth-order valence-corrected chi connectivity index (χ4v) is 3.97. The van der Waals surface area contributed by atoms with Crippen molar-refractivity contribution in [1.29, 1.82) is 0 Å². The van der Waals surface area contributed by atoms with Crippen molar-refractivity contribution in [3.05, 3.63) is 70.4 Å². The number of hydrogen-bond acceptors (Lipinski definition) is 6. The second-order valence-electron chi connectivity index (χ2n) is 7.62. The van der Waals surface area contributed by atoms with Gasteiger partial charge in [-0.3, -0.25) is 9.59 Å². The molecule has 1 amide bonds. The largest absolute Gasteiger partial charge is 0.337 e. The number of nitrogens with zero attached hydrogens (tertiary/aromatic N) is 1. The molecule has 0 unspecified atom stereocenters. The molecule has 0 fully saturated rings. The number of carbonyl (C=O) groups excluding carboxylic acids is 2. The minimum Gasteiger partial charge on any atom is -0.337 e. The van der Waals surface area contributed by atoms with Crippen LogP contribution in [0.4, 0.5) is 11.6 Å². The van der Waals surface area contributed by atoms with Gasteiger partial charge in [0.25, 0.3) is 10.0 Å². The Morgan fingerprint density at radius 3 is 2.22 bits per heavy atom. The Balaban J connectivity index is 1.57. The van der Waals surface area contributed by atoms with Crippen LogP contribution in [0.1, 0.15) is 45.6 Å². The smallest absolute Gasteiger partial charge is 0.264 e. The van der Waals surface area contributed by atoms with Crippen molar-refractivity contribution in [1.82, 2.24) is 5.16 Å². The van der Waals surface area contributed by atoms with E-state index >= 15 is 0 Å². The Hall–Kier alpha value is -3.46. The highest BCUT2D eigenvalue weighted by Gasteiger charge is 2.19. The maximum Gasteiger partial charge on any atom is 0.264 e. The molecule has 0 aliphatic heterocycles. The quantitative estimate of drug-likeness (QED) is 0.489. The van der Waals surface area contributed by atoms with Crippen molar-refractivity contribution in [3.8, 4) is 0 Å². The van der Waals surface area contributed by atoms with Gasteiger partial charge >= 0.3 is 0 Å². The molecule has 8 nitrogen and oxygen atoms in total. The third-order valence-corrected chi connectivity index (χ3v) is 6.59. The second-order valence-corrected chi connectivity index (χ2v) is 9.30. The number of rotatable bonds is 8. The van der Waals surface area contributed by atoms with Crippen LogP contribution in [0.5, 0.6) is 0 Å². The highest BCUT2D eigenvalue weighted by Crippen LogP contribution is 2.22. The average Bonchev–Trinajstić information content (AvgIpc) is 3.06. The predicted octanol–water partition coefficient (Wildman–Crippen LogP) is 4.31. The van der Waals surface area contributed by atoms with Crippen LogP contribution in [-0.2, 0) is 14.8 Å². The molecule has 0 bridgehead atoms. The zero-order valence-corrected chi connectivity index (χ0v) is 19.2. The monoisotopic (exact) mass is 455 g/mol. The highest BCUT2D eigenvalue weighted by molar-refractivity contribution is 7.92. The first-order valence-electron chi connectivity index (χ1n) is 10.0. The van der Waals surface area contributed by atoms with Crippen molar-refractivity contribution in [2.75, 3.05) is 10.0 Å². The molecule has 0 aliphatic rings. The topological polar surface area (TPSA) is 118 Å². The first-order chi connectivity index (χ1) is 15.1. The van der Waals surface area contributed by atoms with Gasteiger partial charge in [0.05, 0.1) is 10.6 Å². The van der Waals surface area contributed by atoms with E-state index in [1.54, 1.807) is 19.9 Å². The number of nitrogens with one attached hydrogen (secondary N) is 2. The van der Waals surface area contributed by atoms with Gasteiger partial charge < -0.3 is 9.84 Å². The van der Waals surface area contributed by atoms with E-state index < -0.39 is 10.0 Å². The van der Waals surface area contributed by atoms with Crippen LogP contribution < -0.4 is 10.0 Å². The third kappa shape index (κ3) is 5.42. The molecule has 32 heavy (non-hydrogen) atoms. The number of aryl methyl sites for hydroxylation is 3. The van der Waals surface area contributed by atoms with Gasteiger partial charge in [0, 0.05) is 29.7 Å². The van der Waals surface area contributed by atoms with Crippen LogP contribution in [0.15, 0.2) is 51.9 Å². The molecule has 2 N–H and O–H groups in total. The molecule has 168 valence electrons. The highest BCUT2D eigenvalue weighted by atomic mass is 32.2. The van der Waals surface area contributed by atoms with Crippen LogP contribution in [-0.4, -0.2) is 25.3 Å². The van der Waals surface area contributed by atoms with E-state index in [1.165, 1.54) is 24.3 Å². The number of ketones is 1. The van der Waals surface area contributed by atoms with Gasteiger partial charge in [-0.05, 0) is 69.2 Å². The van der Waals surface area contributed by atoms with Gasteiger partial charge in [0.15, 0.2) is 5.78 Å². The van der Waals surface area contributed by atoms with Crippen LogP contribution in [0, 0.1) is 27.7 Å². The van der Waals surface area contributed by atoms with E-state index in [4.69, 9.17) is 4.52 Å². The number of benzene rings is 2. The van der Waals surface area contributed by atoms with Gasteiger partial charge in [0.1, 0.15) is 0 Å². The summed E-state index contributed by atoms with van der Waals surface area (Å²) in [5, 5.41) is 6.40. The van der Waals surface area contributed by atoms with Gasteiger partial charge in [-0.2, -0.15) is 0 Å². The summed E-state index contributed by atoms with van der Waals surface area (Å²) in [5.74, 6) is -0.370. The van der Waals surface area contributed by atoms with E-state index in [0.717, 1.165) is 11.1 Å². The molecule has 2 aromatic carbocycles. The molecular formula is C23H25N3O5S. The zero-order valence-electron chi connectivity index (χ0n) is 18.4. The van der Waals surface area contributed by atoms with Crippen molar-refractivity contribution in [3.63, 3.8) is 0 Å². The molecule has 0 radical (unpaired) electrons. The average molecular weight is 456 g/mol. The molecule has 0 saturated carbocycles. The molecule has 0 aliphatic carbocycles. The number of aromatic nitrogens is 1. The number of amides is 1. The van der Waals surface area contributed by atoms with Crippen molar-refractivity contribution < 1.29 is 22.5 Å². The Kier molecular flexibility index (Phi) is 6.78. The normalized spacial score (nSPS) is 11.2. The third-order valence-electron chi connectivity index (χ3n) is 5.24. The fraction of sp³-hybridized carbons (Fsp3) is 0.261. The fourth-order valence-electron chi connectivity index (χ4n) is 2.92. The zero-order chi connectivity index (χ0) is 23.5. The summed E-state index contributed by atoms with van der Waals surface area (Å²) in [7, 11) is -3.87. The molecule has 3 aromatic rings. The van der Waals surface area contributed by atoms with Gasteiger partial charge in [-0.15, -0.1) is 0 Å². The molecular weight excluding hydrogens is 430 g/mol. The number of hydrogen-bond donors (Lipinski definition) is 2. The van der Waals surface area contributed by atoms with E-state index in [9.17, 15) is 18.0 Å². The molecule has 0 atom stereocenters. The van der Waals surface area contributed by atoms with Gasteiger partial charge in [0.2, 0.25) is 11.8 Å². The minimum atomic E-state index is -3.87. The minimum absolute atomic E-state index is 0.00821. The summed E-state index contributed by atoms with van der Waals surface area (Å²) >= 11 is 0. The van der Waals surface area contributed by atoms with Crippen LogP contribution in [0.3, 0.4) is 0 Å². The molecule has 1 heterocycles. The maximum atomic E-state index is 12.5. The lowest BCUT2D eigenvalue weighted by molar-refractivity contribution is -0.116. The Morgan fingerprint density at radius 2 is 1.62 bits per heavy atom. The summed E-state index contributed by atoms with van der Waals surface area (Å²) in [4.78, 5) is 24.6. The first kappa shape index (κ1) is 23.2. The number of Topliss-reactive ketones (excluding diaryl/α,β-unsaturated/α-hetero) is 1. The Morgan fingerprint density at radius 1 is 0.938 bits per heavy atom. The second kappa shape index (κ2) is 9.35. The predicted molar refractivity (Wildman–Crippen MR) is 121 cm³/mol. The SMILES string of the molecule is Cc1ccc(C(=O)CCC(=O)Nc2ccc(S(=O)(=O)Nc3onc(C)c3C)cc2)cc1C. The first-order valence-corrected chi connectivity index (χ1v) is 11.5. The van der Waals surface area contributed by atoms with Crippen LogP contribution >= 0.6 is 0 Å². The summed E-state index contributed by atoms with van der Waals surface area (Å²) in [6.45, 7) is 7.32. The molecule has 3 rings (SSSR count). The molecule has 0 spiro atoms. The Bertz CT molecular complexity index is 1260.